The summed E-state index contributed by atoms with van der Waals surface area (Å²) < 4.78 is 0. The SMILES string of the molecule is CNC(C)C(=O)NC(C(=O)N1CCCC1CNCCc1ccccc1)C(C)(C)C. The fourth-order valence-corrected chi connectivity index (χ4v) is 3.70. The first-order valence-electron chi connectivity index (χ1n) is 10.8. The van der Waals surface area contributed by atoms with E-state index in [1.807, 2.05) is 31.7 Å². The maximum atomic E-state index is 13.4. The van der Waals surface area contributed by atoms with E-state index in [2.05, 4.69) is 40.2 Å². The third-order valence-corrected chi connectivity index (χ3v) is 5.70. The number of carbonyl (C=O) groups excluding carboxylic acids is 2. The Morgan fingerprint density at radius 1 is 1.21 bits per heavy atom. The van der Waals surface area contributed by atoms with Crippen LogP contribution in [0.25, 0.3) is 0 Å². The van der Waals surface area contributed by atoms with Gasteiger partial charge in [0.1, 0.15) is 6.04 Å². The lowest BCUT2D eigenvalue weighted by Crippen LogP contribution is -2.58. The first kappa shape index (κ1) is 23.4. The van der Waals surface area contributed by atoms with Crippen molar-refractivity contribution in [3.05, 3.63) is 35.9 Å². The maximum Gasteiger partial charge on any atom is 0.245 e. The minimum atomic E-state index is -0.532. The Morgan fingerprint density at radius 2 is 1.90 bits per heavy atom. The van der Waals surface area contributed by atoms with Gasteiger partial charge < -0.3 is 20.9 Å². The number of hydrogen-bond donors (Lipinski definition) is 3. The quantitative estimate of drug-likeness (QED) is 0.552. The highest BCUT2D eigenvalue weighted by Gasteiger charge is 2.39. The summed E-state index contributed by atoms with van der Waals surface area (Å²) in [5, 5.41) is 9.44. The van der Waals surface area contributed by atoms with E-state index in [0.717, 1.165) is 38.9 Å². The molecule has 1 fully saturated rings. The summed E-state index contributed by atoms with van der Waals surface area (Å²) in [6, 6.07) is 9.73. The highest BCUT2D eigenvalue weighted by molar-refractivity contribution is 5.90. The molecule has 3 atom stereocenters. The average molecular weight is 403 g/mol. The van der Waals surface area contributed by atoms with E-state index in [4.69, 9.17) is 0 Å². The van der Waals surface area contributed by atoms with E-state index in [1.54, 1.807) is 14.0 Å². The number of amides is 2. The molecule has 3 unspecified atom stereocenters. The van der Waals surface area contributed by atoms with Gasteiger partial charge in [-0.3, -0.25) is 9.59 Å². The fourth-order valence-electron chi connectivity index (χ4n) is 3.70. The van der Waals surface area contributed by atoms with Crippen LogP contribution in [0, 0.1) is 5.41 Å². The Balaban J connectivity index is 1.93. The second-order valence-corrected chi connectivity index (χ2v) is 9.09. The van der Waals surface area contributed by atoms with E-state index in [9.17, 15) is 9.59 Å². The van der Waals surface area contributed by atoms with Crippen LogP contribution in [0.2, 0.25) is 0 Å². The largest absolute Gasteiger partial charge is 0.342 e. The Kier molecular flexibility index (Phi) is 8.65. The second kappa shape index (κ2) is 10.7. The van der Waals surface area contributed by atoms with Crippen LogP contribution in [0.1, 0.15) is 46.1 Å². The number of hydrogen-bond acceptors (Lipinski definition) is 4. The van der Waals surface area contributed by atoms with Gasteiger partial charge in [-0.2, -0.15) is 0 Å². The number of likely N-dealkylation sites (N-methyl/N-ethyl adjacent to an activating group) is 1. The van der Waals surface area contributed by atoms with Gasteiger partial charge in [0, 0.05) is 19.1 Å². The zero-order chi connectivity index (χ0) is 21.4. The molecule has 1 heterocycles. The van der Waals surface area contributed by atoms with Crippen molar-refractivity contribution < 1.29 is 9.59 Å². The molecule has 0 aliphatic carbocycles. The lowest BCUT2D eigenvalue weighted by Gasteiger charge is -2.36. The van der Waals surface area contributed by atoms with E-state index in [1.165, 1.54) is 5.56 Å². The summed E-state index contributed by atoms with van der Waals surface area (Å²) in [4.78, 5) is 27.8. The molecule has 162 valence electrons. The van der Waals surface area contributed by atoms with Crippen molar-refractivity contribution >= 4 is 11.8 Å². The summed E-state index contributed by atoms with van der Waals surface area (Å²) >= 11 is 0. The van der Waals surface area contributed by atoms with Crippen LogP contribution in [-0.4, -0.2) is 61.5 Å². The Hall–Kier alpha value is -1.92. The summed E-state index contributed by atoms with van der Waals surface area (Å²) in [6.45, 7) is 10.2. The fraction of sp³-hybridized carbons (Fsp3) is 0.652. The molecule has 1 aliphatic heterocycles. The van der Waals surface area contributed by atoms with Gasteiger partial charge in [0.25, 0.3) is 0 Å². The molecule has 6 heteroatoms. The molecular formula is C23H38N4O2. The average Bonchev–Trinajstić information content (AvgIpc) is 3.16. The first-order chi connectivity index (χ1) is 13.7. The molecule has 0 saturated carbocycles. The van der Waals surface area contributed by atoms with Crippen molar-refractivity contribution in [2.45, 2.75) is 65.1 Å². The molecule has 0 aromatic heterocycles. The van der Waals surface area contributed by atoms with Gasteiger partial charge >= 0.3 is 0 Å². The van der Waals surface area contributed by atoms with Crippen molar-refractivity contribution in [2.24, 2.45) is 5.41 Å². The minimum absolute atomic E-state index is 0.0292. The van der Waals surface area contributed by atoms with Crippen molar-refractivity contribution in [1.82, 2.24) is 20.9 Å². The van der Waals surface area contributed by atoms with Crippen molar-refractivity contribution in [2.75, 3.05) is 26.7 Å². The second-order valence-electron chi connectivity index (χ2n) is 9.09. The van der Waals surface area contributed by atoms with Crippen LogP contribution < -0.4 is 16.0 Å². The van der Waals surface area contributed by atoms with Crippen LogP contribution >= 0.6 is 0 Å². The maximum absolute atomic E-state index is 13.4. The van der Waals surface area contributed by atoms with Crippen LogP contribution in [0.3, 0.4) is 0 Å². The monoisotopic (exact) mass is 402 g/mol. The number of nitrogens with one attached hydrogen (secondary N) is 3. The predicted octanol–water partition coefficient (Wildman–Crippen LogP) is 1.95. The van der Waals surface area contributed by atoms with Crippen molar-refractivity contribution in [3.8, 4) is 0 Å². The Morgan fingerprint density at radius 3 is 2.52 bits per heavy atom. The zero-order valence-electron chi connectivity index (χ0n) is 18.6. The minimum Gasteiger partial charge on any atom is -0.342 e. The van der Waals surface area contributed by atoms with Crippen LogP contribution in [0.15, 0.2) is 30.3 Å². The molecule has 2 rings (SSSR count). The standard InChI is InChI=1S/C23H38N4O2/c1-17(24-5)21(28)26-20(23(2,3)4)22(29)27-15-9-12-19(27)16-25-14-13-18-10-7-6-8-11-18/h6-8,10-11,17,19-20,24-25H,9,12-16H2,1-5H3,(H,26,28). The third-order valence-electron chi connectivity index (χ3n) is 5.70. The van der Waals surface area contributed by atoms with Crippen LogP contribution in [0.4, 0.5) is 0 Å². The third kappa shape index (κ3) is 6.82. The number of benzene rings is 1. The molecule has 1 saturated heterocycles. The highest BCUT2D eigenvalue weighted by Crippen LogP contribution is 2.25. The molecule has 3 N–H and O–H groups in total. The van der Waals surface area contributed by atoms with E-state index in [-0.39, 0.29) is 29.3 Å². The zero-order valence-corrected chi connectivity index (χ0v) is 18.6. The van der Waals surface area contributed by atoms with Gasteiger partial charge in [0.15, 0.2) is 0 Å². The number of rotatable bonds is 9. The van der Waals surface area contributed by atoms with Gasteiger partial charge in [-0.15, -0.1) is 0 Å². The number of likely N-dealkylation sites (tertiary alicyclic amines) is 1. The Bertz CT molecular complexity index is 657. The summed E-state index contributed by atoms with van der Waals surface area (Å²) in [7, 11) is 1.75. The molecule has 0 radical (unpaired) electrons. The molecule has 1 aromatic rings. The highest BCUT2D eigenvalue weighted by atomic mass is 16.2. The molecule has 6 nitrogen and oxygen atoms in total. The van der Waals surface area contributed by atoms with Gasteiger partial charge in [-0.05, 0) is 50.8 Å². The molecule has 2 amide bonds. The van der Waals surface area contributed by atoms with Crippen molar-refractivity contribution in [3.63, 3.8) is 0 Å². The molecular weight excluding hydrogens is 364 g/mol. The Labute approximate surface area is 175 Å². The summed E-state index contributed by atoms with van der Waals surface area (Å²) in [6.07, 6.45) is 2.99. The molecule has 1 aromatic carbocycles. The van der Waals surface area contributed by atoms with Gasteiger partial charge in [-0.25, -0.2) is 0 Å². The number of nitrogens with zero attached hydrogens (tertiary/aromatic N) is 1. The molecule has 0 spiro atoms. The normalized spacial score (nSPS) is 19.1. The number of carbonyl (C=O) groups is 2. The molecule has 0 bridgehead atoms. The van der Waals surface area contributed by atoms with Gasteiger partial charge in [-0.1, -0.05) is 51.1 Å². The summed E-state index contributed by atoms with van der Waals surface area (Å²) in [5.41, 5.74) is 0.960. The van der Waals surface area contributed by atoms with Gasteiger partial charge in [0.05, 0.1) is 6.04 Å². The van der Waals surface area contributed by atoms with E-state index in [0.29, 0.717) is 0 Å². The smallest absolute Gasteiger partial charge is 0.245 e. The molecule has 1 aliphatic rings. The van der Waals surface area contributed by atoms with Gasteiger partial charge in [0.2, 0.25) is 11.8 Å². The predicted molar refractivity (Wildman–Crippen MR) is 118 cm³/mol. The van der Waals surface area contributed by atoms with Crippen molar-refractivity contribution in [1.29, 1.82) is 0 Å². The first-order valence-corrected chi connectivity index (χ1v) is 10.8. The lowest BCUT2D eigenvalue weighted by molar-refractivity contribution is -0.140. The van der Waals surface area contributed by atoms with E-state index < -0.39 is 6.04 Å². The molecule has 29 heavy (non-hydrogen) atoms. The van der Waals surface area contributed by atoms with Crippen LogP contribution in [0.5, 0.6) is 0 Å². The lowest BCUT2D eigenvalue weighted by atomic mass is 9.85. The van der Waals surface area contributed by atoms with Crippen LogP contribution in [-0.2, 0) is 16.0 Å². The topological polar surface area (TPSA) is 73.5 Å². The summed E-state index contributed by atoms with van der Waals surface area (Å²) in [5.74, 6) is -0.112. The van der Waals surface area contributed by atoms with E-state index >= 15 is 0 Å².